The zero-order valence-electron chi connectivity index (χ0n) is 19.5. The Labute approximate surface area is 205 Å². The van der Waals surface area contributed by atoms with Gasteiger partial charge in [0.1, 0.15) is 0 Å². The van der Waals surface area contributed by atoms with E-state index in [0.29, 0.717) is 23.2 Å². The average molecular weight is 508 g/mol. The summed E-state index contributed by atoms with van der Waals surface area (Å²) in [5.41, 5.74) is 3.09. The summed E-state index contributed by atoms with van der Waals surface area (Å²) in [6.45, 7) is 11.1. The first kappa shape index (κ1) is 25.6. The van der Waals surface area contributed by atoms with Gasteiger partial charge in [0, 0.05) is 24.5 Å². The highest BCUT2D eigenvalue weighted by molar-refractivity contribution is 7.91. The lowest BCUT2D eigenvalue weighted by molar-refractivity contribution is -0.118. The molecule has 0 aliphatic carbocycles. The molecule has 9 heteroatoms. The molecular formula is C24H30ClN3O3S2. The van der Waals surface area contributed by atoms with E-state index < -0.39 is 9.84 Å². The highest BCUT2D eigenvalue weighted by atomic mass is 35.5. The van der Waals surface area contributed by atoms with E-state index in [2.05, 4.69) is 30.9 Å². The number of nitrogens with zero attached hydrogens (tertiary/aromatic N) is 3. The molecule has 2 aromatic carbocycles. The molecule has 3 aromatic rings. The van der Waals surface area contributed by atoms with Crippen molar-refractivity contribution in [2.45, 2.75) is 39.0 Å². The van der Waals surface area contributed by atoms with Gasteiger partial charge in [0.15, 0.2) is 15.0 Å². The van der Waals surface area contributed by atoms with Crippen molar-refractivity contribution in [3.05, 3.63) is 52.5 Å². The molecule has 0 saturated carbocycles. The first-order valence-corrected chi connectivity index (χ1v) is 13.9. The molecule has 0 radical (unpaired) electrons. The molecule has 33 heavy (non-hydrogen) atoms. The lowest BCUT2D eigenvalue weighted by Crippen LogP contribution is -2.39. The second kappa shape index (κ2) is 11.0. The van der Waals surface area contributed by atoms with Crippen LogP contribution in [0.3, 0.4) is 0 Å². The summed E-state index contributed by atoms with van der Waals surface area (Å²) in [6, 6.07) is 10.2. The number of anilines is 1. The largest absolute Gasteiger partial charge is 0.302 e. The molecule has 0 spiro atoms. The fourth-order valence-corrected chi connectivity index (χ4v) is 6.24. The van der Waals surface area contributed by atoms with E-state index in [1.807, 2.05) is 13.8 Å². The summed E-state index contributed by atoms with van der Waals surface area (Å²) in [4.78, 5) is 22.1. The number of fused-ring (bicyclic) bond motifs is 1. The second-order valence-corrected chi connectivity index (χ2v) is 11.6. The molecule has 0 aliphatic rings. The predicted molar refractivity (Wildman–Crippen MR) is 137 cm³/mol. The summed E-state index contributed by atoms with van der Waals surface area (Å²) in [5, 5.41) is 1.08. The third-order valence-electron chi connectivity index (χ3n) is 5.64. The summed E-state index contributed by atoms with van der Waals surface area (Å²) >= 11 is 7.34. The van der Waals surface area contributed by atoms with Crippen LogP contribution in [0.1, 0.15) is 31.4 Å². The van der Waals surface area contributed by atoms with Crippen LogP contribution in [-0.2, 0) is 14.6 Å². The van der Waals surface area contributed by atoms with E-state index in [0.717, 1.165) is 34.4 Å². The van der Waals surface area contributed by atoms with E-state index in [9.17, 15) is 13.2 Å². The van der Waals surface area contributed by atoms with E-state index >= 15 is 0 Å². The van der Waals surface area contributed by atoms with Gasteiger partial charge >= 0.3 is 0 Å². The quantitative estimate of drug-likeness (QED) is 0.381. The van der Waals surface area contributed by atoms with Gasteiger partial charge in [-0.25, -0.2) is 13.4 Å². The molecule has 3 rings (SSSR count). The van der Waals surface area contributed by atoms with E-state index in [-0.39, 0.29) is 23.0 Å². The number of rotatable bonds is 10. The van der Waals surface area contributed by atoms with Crippen molar-refractivity contribution in [2.24, 2.45) is 0 Å². The Kier molecular flexibility index (Phi) is 8.50. The zero-order chi connectivity index (χ0) is 24.2. The van der Waals surface area contributed by atoms with E-state index in [1.54, 1.807) is 4.90 Å². The minimum atomic E-state index is -3.60. The number of aromatic nitrogens is 1. The monoisotopic (exact) mass is 507 g/mol. The van der Waals surface area contributed by atoms with Crippen LogP contribution < -0.4 is 4.90 Å². The molecule has 0 unspecified atom stereocenters. The predicted octanol–water partition coefficient (Wildman–Crippen LogP) is 5.11. The Morgan fingerprint density at radius 3 is 2.36 bits per heavy atom. The van der Waals surface area contributed by atoms with Crippen LogP contribution in [-0.4, -0.2) is 56.1 Å². The van der Waals surface area contributed by atoms with Crippen LogP contribution in [0, 0.1) is 13.8 Å². The zero-order valence-corrected chi connectivity index (χ0v) is 21.9. The molecule has 0 aliphatic heterocycles. The number of sulfone groups is 1. The fraction of sp³-hybridized carbons (Fsp3) is 0.417. The Morgan fingerprint density at radius 1 is 1.06 bits per heavy atom. The first-order chi connectivity index (χ1) is 15.6. The highest BCUT2D eigenvalue weighted by Gasteiger charge is 2.24. The van der Waals surface area contributed by atoms with Gasteiger partial charge < -0.3 is 4.90 Å². The minimum absolute atomic E-state index is 0.114. The van der Waals surface area contributed by atoms with Crippen molar-refractivity contribution in [1.82, 2.24) is 9.88 Å². The fourth-order valence-electron chi connectivity index (χ4n) is 3.70. The Bertz CT molecular complexity index is 1220. The Hall–Kier alpha value is -2.00. The number of hydrogen-bond donors (Lipinski definition) is 0. The molecule has 178 valence electrons. The standard InChI is InChI=1S/C24H30ClN3O3S2/c1-5-27(6-2)12-13-28(24-26-23-18(4)15-17(3)16-21(23)32-24)22(29)11-14-33(30,31)20-9-7-19(25)8-10-20/h7-10,15-16H,5-6,11-14H2,1-4H3. The molecular weight excluding hydrogens is 478 g/mol. The lowest BCUT2D eigenvalue weighted by Gasteiger charge is -2.24. The topological polar surface area (TPSA) is 70.6 Å². The van der Waals surface area contributed by atoms with Crippen LogP contribution in [0.25, 0.3) is 10.2 Å². The second-order valence-electron chi connectivity index (χ2n) is 8.02. The van der Waals surface area contributed by atoms with Gasteiger partial charge in [-0.2, -0.15) is 0 Å². The van der Waals surface area contributed by atoms with Gasteiger partial charge in [-0.15, -0.1) is 0 Å². The number of halogens is 1. The number of benzene rings is 2. The smallest absolute Gasteiger partial charge is 0.229 e. The molecule has 1 aromatic heterocycles. The number of carbonyl (C=O) groups is 1. The van der Waals surface area contributed by atoms with Crippen LogP contribution >= 0.6 is 22.9 Å². The maximum atomic E-state index is 13.3. The molecule has 0 N–H and O–H groups in total. The maximum Gasteiger partial charge on any atom is 0.229 e. The van der Waals surface area contributed by atoms with Gasteiger partial charge in [0.25, 0.3) is 0 Å². The normalized spacial score (nSPS) is 11.9. The minimum Gasteiger partial charge on any atom is -0.302 e. The van der Waals surface area contributed by atoms with Crippen LogP contribution in [0.4, 0.5) is 5.13 Å². The maximum absolute atomic E-state index is 13.3. The van der Waals surface area contributed by atoms with Crippen molar-refractivity contribution in [1.29, 1.82) is 0 Å². The van der Waals surface area contributed by atoms with Crippen molar-refractivity contribution in [3.8, 4) is 0 Å². The summed E-state index contributed by atoms with van der Waals surface area (Å²) in [7, 11) is -3.60. The van der Waals surface area contributed by atoms with Gasteiger partial charge in [-0.1, -0.05) is 42.9 Å². The van der Waals surface area contributed by atoms with Gasteiger partial charge in [-0.3, -0.25) is 9.69 Å². The number of hydrogen-bond acceptors (Lipinski definition) is 6. The Morgan fingerprint density at radius 2 is 1.73 bits per heavy atom. The molecule has 0 bridgehead atoms. The number of likely N-dealkylation sites (N-methyl/N-ethyl adjacent to an activating group) is 1. The third kappa shape index (κ3) is 6.32. The molecule has 0 saturated heterocycles. The van der Waals surface area contributed by atoms with Crippen molar-refractivity contribution >= 4 is 54.0 Å². The van der Waals surface area contributed by atoms with Gasteiger partial charge in [0.05, 0.1) is 20.9 Å². The summed E-state index contributed by atoms with van der Waals surface area (Å²) in [6.07, 6.45) is -0.114. The molecule has 1 heterocycles. The SMILES string of the molecule is CCN(CC)CCN(C(=O)CCS(=O)(=O)c1ccc(Cl)cc1)c1nc2c(C)cc(C)cc2s1. The van der Waals surface area contributed by atoms with Crippen molar-refractivity contribution in [2.75, 3.05) is 36.8 Å². The van der Waals surface area contributed by atoms with E-state index in [4.69, 9.17) is 16.6 Å². The first-order valence-electron chi connectivity index (χ1n) is 11.0. The van der Waals surface area contributed by atoms with Gasteiger partial charge in [-0.05, 0) is 68.4 Å². The number of amides is 1. The lowest BCUT2D eigenvalue weighted by atomic mass is 10.1. The Balaban J connectivity index is 1.85. The van der Waals surface area contributed by atoms with Crippen LogP contribution in [0.2, 0.25) is 5.02 Å². The van der Waals surface area contributed by atoms with Crippen LogP contribution in [0.15, 0.2) is 41.3 Å². The molecule has 6 nitrogen and oxygen atoms in total. The number of thiazole rings is 1. The molecule has 0 atom stereocenters. The highest BCUT2D eigenvalue weighted by Crippen LogP contribution is 2.32. The number of aryl methyl sites for hydroxylation is 2. The molecule has 0 fully saturated rings. The molecule has 1 amide bonds. The van der Waals surface area contributed by atoms with Gasteiger partial charge in [0.2, 0.25) is 5.91 Å². The average Bonchev–Trinajstić information content (AvgIpc) is 3.19. The summed E-state index contributed by atoms with van der Waals surface area (Å²) < 4.78 is 26.5. The van der Waals surface area contributed by atoms with Crippen molar-refractivity contribution in [3.63, 3.8) is 0 Å². The third-order valence-corrected chi connectivity index (χ3v) is 8.65. The van der Waals surface area contributed by atoms with Crippen molar-refractivity contribution < 1.29 is 13.2 Å². The van der Waals surface area contributed by atoms with Crippen LogP contribution in [0.5, 0.6) is 0 Å². The summed E-state index contributed by atoms with van der Waals surface area (Å²) in [5.74, 6) is -0.508. The number of carbonyl (C=O) groups excluding carboxylic acids is 1. The van der Waals surface area contributed by atoms with E-state index in [1.165, 1.54) is 35.6 Å².